The molecule has 0 aromatic rings. The monoisotopic (exact) mass is 449 g/mol. The van der Waals surface area contributed by atoms with Crippen LogP contribution in [-0.4, -0.2) is 0 Å². The molecule has 0 heteroatoms. The Hall–Kier alpha value is -0.260. The first-order chi connectivity index (χ1) is 15.9. The molecule has 0 N–H and O–H groups in total. The van der Waals surface area contributed by atoms with Crippen molar-refractivity contribution in [3.05, 3.63) is 12.2 Å². The summed E-state index contributed by atoms with van der Waals surface area (Å²) in [6, 6.07) is 0. The molecule has 0 unspecified atom stereocenters. The van der Waals surface area contributed by atoms with Crippen LogP contribution in [0.15, 0.2) is 12.2 Å². The van der Waals surface area contributed by atoms with Crippen LogP contribution in [0.3, 0.4) is 0 Å². The van der Waals surface area contributed by atoms with E-state index in [0.717, 1.165) is 0 Å². The standard InChI is InChI=1S/C32H64/c1-3-5-7-9-11-13-15-17-19-21-23-25-27-29-31-32-30-28-26-24-22-20-18-16-14-12-10-8-6-4-2/h17,19H,3-16,18,20-32H2,1-2H3/b19-17+. The third-order valence-corrected chi connectivity index (χ3v) is 7.12. The van der Waals surface area contributed by atoms with Gasteiger partial charge in [0.2, 0.25) is 0 Å². The molecule has 192 valence electrons. The van der Waals surface area contributed by atoms with E-state index in [-0.39, 0.29) is 0 Å². The van der Waals surface area contributed by atoms with E-state index in [9.17, 15) is 0 Å². The predicted octanol–water partition coefficient (Wildman–Crippen LogP) is 12.5. The summed E-state index contributed by atoms with van der Waals surface area (Å²) >= 11 is 0. The van der Waals surface area contributed by atoms with Crippen molar-refractivity contribution in [2.75, 3.05) is 0 Å². The van der Waals surface area contributed by atoms with Gasteiger partial charge in [0.05, 0.1) is 0 Å². The fourth-order valence-corrected chi connectivity index (χ4v) is 4.80. The Morgan fingerprint density at radius 3 is 0.656 bits per heavy atom. The number of hydrogen-bond donors (Lipinski definition) is 0. The summed E-state index contributed by atoms with van der Waals surface area (Å²) in [5.41, 5.74) is 0. The van der Waals surface area contributed by atoms with Crippen molar-refractivity contribution in [3.63, 3.8) is 0 Å². The van der Waals surface area contributed by atoms with E-state index < -0.39 is 0 Å². The maximum Gasteiger partial charge on any atom is -0.0351 e. The number of allylic oxidation sites excluding steroid dienone is 2. The average molecular weight is 449 g/mol. The Morgan fingerprint density at radius 2 is 0.438 bits per heavy atom. The summed E-state index contributed by atoms with van der Waals surface area (Å²) < 4.78 is 0. The molecule has 0 aromatic heterocycles. The van der Waals surface area contributed by atoms with Gasteiger partial charge >= 0.3 is 0 Å². The van der Waals surface area contributed by atoms with Crippen molar-refractivity contribution in [2.45, 2.75) is 194 Å². The smallest absolute Gasteiger partial charge is 0.0351 e. The molecule has 0 aliphatic carbocycles. The van der Waals surface area contributed by atoms with Crippen LogP contribution < -0.4 is 0 Å². The largest absolute Gasteiger partial charge is 0.0885 e. The summed E-state index contributed by atoms with van der Waals surface area (Å²) in [6.45, 7) is 4.60. The summed E-state index contributed by atoms with van der Waals surface area (Å²) in [7, 11) is 0. The van der Waals surface area contributed by atoms with Crippen molar-refractivity contribution in [1.82, 2.24) is 0 Å². The lowest BCUT2D eigenvalue weighted by Crippen LogP contribution is -1.84. The molecule has 0 fully saturated rings. The average Bonchev–Trinajstić information content (AvgIpc) is 2.81. The van der Waals surface area contributed by atoms with Crippen molar-refractivity contribution in [1.29, 1.82) is 0 Å². The van der Waals surface area contributed by atoms with E-state index in [0.29, 0.717) is 0 Å². The van der Waals surface area contributed by atoms with Gasteiger partial charge in [-0.3, -0.25) is 0 Å². The van der Waals surface area contributed by atoms with Crippen LogP contribution in [0.5, 0.6) is 0 Å². The van der Waals surface area contributed by atoms with Gasteiger partial charge in [-0.05, 0) is 25.7 Å². The molecule has 0 radical (unpaired) electrons. The molecule has 0 rings (SSSR count). The van der Waals surface area contributed by atoms with Crippen LogP contribution in [-0.2, 0) is 0 Å². The van der Waals surface area contributed by atoms with Gasteiger partial charge < -0.3 is 0 Å². The Kier molecular flexibility index (Phi) is 30.5. The summed E-state index contributed by atoms with van der Waals surface area (Å²) in [5, 5.41) is 0. The summed E-state index contributed by atoms with van der Waals surface area (Å²) in [6.07, 6.45) is 45.4. The number of hydrogen-bond acceptors (Lipinski definition) is 0. The maximum absolute atomic E-state index is 2.45. The van der Waals surface area contributed by atoms with Gasteiger partial charge in [-0.25, -0.2) is 0 Å². The van der Waals surface area contributed by atoms with E-state index in [1.807, 2.05) is 0 Å². The topological polar surface area (TPSA) is 0 Å². The van der Waals surface area contributed by atoms with Crippen LogP contribution in [0, 0.1) is 0 Å². The predicted molar refractivity (Wildman–Crippen MR) is 150 cm³/mol. The lowest BCUT2D eigenvalue weighted by Gasteiger charge is -2.04. The van der Waals surface area contributed by atoms with Crippen LogP contribution in [0.25, 0.3) is 0 Å². The first-order valence-electron chi connectivity index (χ1n) is 15.6. The molecule has 0 amide bonds. The van der Waals surface area contributed by atoms with E-state index in [2.05, 4.69) is 26.0 Å². The molecule has 0 atom stereocenters. The molecular weight excluding hydrogens is 384 g/mol. The minimum atomic E-state index is 1.31. The second kappa shape index (κ2) is 30.7. The Labute approximate surface area is 205 Å². The lowest BCUT2D eigenvalue weighted by atomic mass is 10.0. The molecule has 0 saturated heterocycles. The van der Waals surface area contributed by atoms with Gasteiger partial charge in [0.15, 0.2) is 0 Å². The van der Waals surface area contributed by atoms with E-state index in [1.165, 1.54) is 180 Å². The van der Waals surface area contributed by atoms with Gasteiger partial charge in [0.25, 0.3) is 0 Å². The number of unbranched alkanes of at least 4 members (excludes halogenated alkanes) is 26. The summed E-state index contributed by atoms with van der Waals surface area (Å²) in [5.74, 6) is 0. The number of rotatable bonds is 28. The molecule has 0 heterocycles. The van der Waals surface area contributed by atoms with E-state index >= 15 is 0 Å². The lowest BCUT2D eigenvalue weighted by molar-refractivity contribution is 0.522. The van der Waals surface area contributed by atoms with Gasteiger partial charge in [0, 0.05) is 0 Å². The molecule has 0 aromatic carbocycles. The van der Waals surface area contributed by atoms with Gasteiger partial charge in [0.1, 0.15) is 0 Å². The highest BCUT2D eigenvalue weighted by molar-refractivity contribution is 4.81. The SMILES string of the molecule is CCCCCCCC/C=C/CCCCCCCCCCCCCCCCCCCCCC. The highest BCUT2D eigenvalue weighted by atomic mass is 14.0. The quantitative estimate of drug-likeness (QED) is 0.0824. The molecule has 0 spiro atoms. The van der Waals surface area contributed by atoms with E-state index in [1.54, 1.807) is 0 Å². The third-order valence-electron chi connectivity index (χ3n) is 7.12. The minimum Gasteiger partial charge on any atom is -0.0885 e. The van der Waals surface area contributed by atoms with Crippen molar-refractivity contribution in [3.8, 4) is 0 Å². The fourth-order valence-electron chi connectivity index (χ4n) is 4.80. The first-order valence-corrected chi connectivity index (χ1v) is 15.6. The summed E-state index contributed by atoms with van der Waals surface area (Å²) in [4.78, 5) is 0. The van der Waals surface area contributed by atoms with Crippen LogP contribution >= 0.6 is 0 Å². The zero-order valence-corrected chi connectivity index (χ0v) is 23.0. The minimum absolute atomic E-state index is 1.31. The Morgan fingerprint density at radius 1 is 0.250 bits per heavy atom. The van der Waals surface area contributed by atoms with Gasteiger partial charge in [-0.2, -0.15) is 0 Å². The van der Waals surface area contributed by atoms with Crippen LogP contribution in [0.2, 0.25) is 0 Å². The molecule has 0 aliphatic heterocycles. The third kappa shape index (κ3) is 29.7. The van der Waals surface area contributed by atoms with Crippen molar-refractivity contribution >= 4 is 0 Å². The second-order valence-corrected chi connectivity index (χ2v) is 10.5. The fraction of sp³-hybridized carbons (Fsp3) is 0.938. The van der Waals surface area contributed by atoms with Crippen LogP contribution in [0.1, 0.15) is 194 Å². The van der Waals surface area contributed by atoms with Gasteiger partial charge in [-0.15, -0.1) is 0 Å². The molecular formula is C32H64. The molecule has 0 aliphatic rings. The van der Waals surface area contributed by atoms with Gasteiger partial charge in [-0.1, -0.05) is 180 Å². The normalized spacial score (nSPS) is 11.7. The van der Waals surface area contributed by atoms with Crippen LogP contribution in [0.4, 0.5) is 0 Å². The van der Waals surface area contributed by atoms with Crippen molar-refractivity contribution in [2.24, 2.45) is 0 Å². The zero-order chi connectivity index (χ0) is 23.2. The molecule has 32 heavy (non-hydrogen) atoms. The highest BCUT2D eigenvalue weighted by Gasteiger charge is 1.95. The second-order valence-electron chi connectivity index (χ2n) is 10.5. The Balaban J connectivity index is 3.04. The highest BCUT2D eigenvalue weighted by Crippen LogP contribution is 2.15. The van der Waals surface area contributed by atoms with Crippen molar-refractivity contribution < 1.29 is 0 Å². The van der Waals surface area contributed by atoms with E-state index in [4.69, 9.17) is 0 Å². The molecule has 0 bridgehead atoms. The zero-order valence-electron chi connectivity index (χ0n) is 23.0. The Bertz CT molecular complexity index is 329. The maximum atomic E-state index is 2.45. The molecule has 0 nitrogen and oxygen atoms in total. The molecule has 0 saturated carbocycles. The first kappa shape index (κ1) is 31.7.